The molecular formula is C24H36FN3O4S. The molecule has 1 aromatic carbocycles. The fourth-order valence-electron chi connectivity index (χ4n) is 5.51. The van der Waals surface area contributed by atoms with Gasteiger partial charge in [0.05, 0.1) is 23.0 Å². The van der Waals surface area contributed by atoms with Crippen LogP contribution in [0.4, 0.5) is 4.39 Å². The summed E-state index contributed by atoms with van der Waals surface area (Å²) in [5.74, 6) is -0.137. The van der Waals surface area contributed by atoms with E-state index in [9.17, 15) is 17.6 Å². The van der Waals surface area contributed by atoms with Crippen LogP contribution in [0.2, 0.25) is 0 Å². The first-order valence-electron chi connectivity index (χ1n) is 12.1. The zero-order chi connectivity index (χ0) is 23.6. The molecule has 3 heterocycles. The molecular weight excluding hydrogens is 445 g/mol. The van der Waals surface area contributed by atoms with Gasteiger partial charge in [-0.25, -0.2) is 12.8 Å². The first kappa shape index (κ1) is 24.6. The van der Waals surface area contributed by atoms with E-state index >= 15 is 0 Å². The number of carbonyl (C=O) groups excluding carboxylic acids is 1. The minimum Gasteiger partial charge on any atom is -0.373 e. The second-order valence-electron chi connectivity index (χ2n) is 9.90. The molecule has 0 spiro atoms. The Kier molecular flexibility index (Phi) is 7.73. The van der Waals surface area contributed by atoms with Gasteiger partial charge >= 0.3 is 0 Å². The summed E-state index contributed by atoms with van der Waals surface area (Å²) >= 11 is 0. The average Bonchev–Trinajstić information content (AvgIpc) is 2.79. The van der Waals surface area contributed by atoms with Crippen molar-refractivity contribution in [3.05, 3.63) is 30.1 Å². The molecule has 3 aliphatic heterocycles. The van der Waals surface area contributed by atoms with E-state index in [0.717, 1.165) is 57.7 Å². The Morgan fingerprint density at radius 1 is 1.00 bits per heavy atom. The number of rotatable bonds is 5. The number of hydrogen-bond donors (Lipinski definition) is 0. The second-order valence-corrected chi connectivity index (χ2v) is 11.8. The predicted molar refractivity (Wildman–Crippen MR) is 124 cm³/mol. The van der Waals surface area contributed by atoms with Gasteiger partial charge in [0.1, 0.15) is 5.82 Å². The van der Waals surface area contributed by atoms with E-state index in [1.54, 1.807) is 0 Å². The number of nitrogens with zero attached hydrogens (tertiary/aromatic N) is 3. The largest absolute Gasteiger partial charge is 0.373 e. The van der Waals surface area contributed by atoms with E-state index in [1.165, 1.54) is 16.4 Å². The SMILES string of the molecule is CC1CN(CC2CCN(C(=O)C3CCCN(S(=O)(=O)c4ccc(F)cc4)C3)CC2)CC(C)O1. The lowest BCUT2D eigenvalue weighted by Crippen LogP contribution is -2.50. The molecule has 3 fully saturated rings. The van der Waals surface area contributed by atoms with E-state index < -0.39 is 15.8 Å². The lowest BCUT2D eigenvalue weighted by molar-refractivity contribution is -0.138. The molecule has 0 aliphatic carbocycles. The van der Waals surface area contributed by atoms with Crippen molar-refractivity contribution in [3.63, 3.8) is 0 Å². The monoisotopic (exact) mass is 481 g/mol. The van der Waals surface area contributed by atoms with Crippen molar-refractivity contribution in [2.24, 2.45) is 11.8 Å². The number of halogens is 1. The molecule has 7 nitrogen and oxygen atoms in total. The number of piperidine rings is 2. The van der Waals surface area contributed by atoms with Gasteiger partial charge in [0.2, 0.25) is 15.9 Å². The van der Waals surface area contributed by atoms with Crippen molar-refractivity contribution in [2.75, 3.05) is 45.8 Å². The third-order valence-corrected chi connectivity index (χ3v) is 9.00. The van der Waals surface area contributed by atoms with Gasteiger partial charge in [0.15, 0.2) is 0 Å². The number of carbonyl (C=O) groups is 1. The third kappa shape index (κ3) is 5.93. The van der Waals surface area contributed by atoms with Crippen LogP contribution >= 0.6 is 0 Å². The normalized spacial score (nSPS) is 28.7. The van der Waals surface area contributed by atoms with Gasteiger partial charge in [-0.05, 0) is 69.7 Å². The third-order valence-electron chi connectivity index (χ3n) is 7.12. The average molecular weight is 482 g/mol. The lowest BCUT2D eigenvalue weighted by Gasteiger charge is -2.40. The van der Waals surface area contributed by atoms with Crippen LogP contribution in [0.15, 0.2) is 29.2 Å². The van der Waals surface area contributed by atoms with Crippen molar-refractivity contribution < 1.29 is 22.3 Å². The van der Waals surface area contributed by atoms with Crippen LogP contribution in [-0.4, -0.2) is 86.5 Å². The lowest BCUT2D eigenvalue weighted by atomic mass is 9.93. The molecule has 1 amide bonds. The summed E-state index contributed by atoms with van der Waals surface area (Å²) in [6, 6.07) is 4.89. The number of benzene rings is 1. The van der Waals surface area contributed by atoms with Gasteiger partial charge in [-0.15, -0.1) is 0 Å². The van der Waals surface area contributed by atoms with Gasteiger partial charge < -0.3 is 9.64 Å². The van der Waals surface area contributed by atoms with Crippen molar-refractivity contribution in [1.29, 1.82) is 0 Å². The first-order chi connectivity index (χ1) is 15.7. The summed E-state index contributed by atoms with van der Waals surface area (Å²) < 4.78 is 46.4. The number of ether oxygens (including phenoxy) is 1. The summed E-state index contributed by atoms with van der Waals surface area (Å²) in [5, 5.41) is 0. The molecule has 33 heavy (non-hydrogen) atoms. The maximum atomic E-state index is 13.2. The summed E-state index contributed by atoms with van der Waals surface area (Å²) in [4.78, 5) is 17.7. The minimum atomic E-state index is -3.73. The fraction of sp³-hybridized carbons (Fsp3) is 0.708. The number of amides is 1. The van der Waals surface area contributed by atoms with Gasteiger partial charge in [-0.1, -0.05) is 0 Å². The topological polar surface area (TPSA) is 70.2 Å². The Morgan fingerprint density at radius 2 is 1.64 bits per heavy atom. The molecule has 3 unspecified atom stereocenters. The predicted octanol–water partition coefficient (Wildman–Crippen LogP) is 2.57. The molecule has 9 heteroatoms. The number of sulfonamides is 1. The fourth-order valence-corrected chi connectivity index (χ4v) is 7.03. The highest BCUT2D eigenvalue weighted by Gasteiger charge is 2.36. The van der Waals surface area contributed by atoms with Crippen molar-refractivity contribution in [3.8, 4) is 0 Å². The molecule has 3 atom stereocenters. The molecule has 0 saturated carbocycles. The molecule has 4 rings (SSSR count). The zero-order valence-electron chi connectivity index (χ0n) is 19.7. The van der Waals surface area contributed by atoms with Gasteiger partial charge in [-0.3, -0.25) is 9.69 Å². The van der Waals surface area contributed by atoms with Crippen LogP contribution in [0.25, 0.3) is 0 Å². The smallest absolute Gasteiger partial charge is 0.243 e. The van der Waals surface area contributed by atoms with Gasteiger partial charge in [0.25, 0.3) is 0 Å². The van der Waals surface area contributed by atoms with Gasteiger partial charge in [-0.2, -0.15) is 4.31 Å². The van der Waals surface area contributed by atoms with Crippen molar-refractivity contribution >= 4 is 15.9 Å². The van der Waals surface area contributed by atoms with E-state index in [-0.39, 0.29) is 35.5 Å². The second kappa shape index (κ2) is 10.4. The number of morpholine rings is 1. The van der Waals surface area contributed by atoms with Crippen LogP contribution in [0.1, 0.15) is 39.5 Å². The van der Waals surface area contributed by atoms with Crippen LogP contribution in [0.3, 0.4) is 0 Å². The summed E-state index contributed by atoms with van der Waals surface area (Å²) in [6.07, 6.45) is 3.84. The Labute approximate surface area is 196 Å². The van der Waals surface area contributed by atoms with E-state index in [1.807, 2.05) is 4.90 Å². The van der Waals surface area contributed by atoms with Gasteiger partial charge in [0, 0.05) is 45.8 Å². The summed E-state index contributed by atoms with van der Waals surface area (Å²) in [6.45, 7) is 9.27. The molecule has 0 radical (unpaired) electrons. The van der Waals surface area contributed by atoms with Crippen molar-refractivity contribution in [1.82, 2.24) is 14.1 Å². The number of hydrogen-bond acceptors (Lipinski definition) is 5. The maximum absolute atomic E-state index is 13.2. The number of likely N-dealkylation sites (tertiary alicyclic amines) is 1. The molecule has 0 N–H and O–H groups in total. The molecule has 0 aromatic heterocycles. The van der Waals surface area contributed by atoms with E-state index in [0.29, 0.717) is 25.3 Å². The minimum absolute atomic E-state index is 0.0704. The molecule has 3 aliphatic rings. The first-order valence-corrected chi connectivity index (χ1v) is 13.6. The highest BCUT2D eigenvalue weighted by molar-refractivity contribution is 7.89. The molecule has 3 saturated heterocycles. The molecule has 1 aromatic rings. The van der Waals surface area contributed by atoms with E-state index in [2.05, 4.69) is 18.7 Å². The highest BCUT2D eigenvalue weighted by Crippen LogP contribution is 2.27. The Balaban J connectivity index is 1.30. The Bertz CT molecular complexity index is 908. The Morgan fingerprint density at radius 3 is 2.27 bits per heavy atom. The van der Waals surface area contributed by atoms with Crippen LogP contribution in [0, 0.1) is 17.7 Å². The van der Waals surface area contributed by atoms with Crippen LogP contribution in [-0.2, 0) is 19.6 Å². The van der Waals surface area contributed by atoms with Crippen LogP contribution in [0.5, 0.6) is 0 Å². The highest BCUT2D eigenvalue weighted by atomic mass is 32.2. The Hall–Kier alpha value is -1.55. The van der Waals surface area contributed by atoms with Crippen LogP contribution < -0.4 is 0 Å². The standard InChI is InChI=1S/C24H36FN3O4S/c1-18-14-26(15-19(2)32-18)16-20-9-12-27(13-10-20)24(29)21-4-3-11-28(17-21)33(30,31)23-7-5-22(25)6-8-23/h5-8,18-21H,3-4,9-17H2,1-2H3. The van der Waals surface area contributed by atoms with Crippen molar-refractivity contribution in [2.45, 2.75) is 56.6 Å². The zero-order valence-corrected chi connectivity index (χ0v) is 20.5. The maximum Gasteiger partial charge on any atom is 0.243 e. The van der Waals surface area contributed by atoms with E-state index in [4.69, 9.17) is 4.74 Å². The summed E-state index contributed by atoms with van der Waals surface area (Å²) in [7, 11) is -3.73. The molecule has 184 valence electrons. The quantitative estimate of drug-likeness (QED) is 0.647. The summed E-state index contributed by atoms with van der Waals surface area (Å²) in [5.41, 5.74) is 0. The molecule has 0 bridgehead atoms.